The highest BCUT2D eigenvalue weighted by atomic mass is 16.7. The van der Waals surface area contributed by atoms with E-state index in [9.17, 15) is 4.79 Å². The Bertz CT molecular complexity index is 838. The molecule has 0 radical (unpaired) electrons. The van der Waals surface area contributed by atoms with Gasteiger partial charge in [0.2, 0.25) is 0 Å². The lowest BCUT2D eigenvalue weighted by molar-refractivity contribution is 0.00578. The summed E-state index contributed by atoms with van der Waals surface area (Å²) in [4.78, 5) is 12.2. The largest absolute Gasteiger partial charge is 0.497 e. The average Bonchev–Trinajstić information content (AvgIpc) is 2.92. The molecule has 1 amide bonds. The summed E-state index contributed by atoms with van der Waals surface area (Å²) < 4.78 is 23.0. The number of carbonyl (C=O) groups excluding carboxylic acids is 1. The minimum atomic E-state index is -0.525. The van der Waals surface area contributed by atoms with Crippen molar-refractivity contribution in [1.29, 1.82) is 0 Å². The molecule has 0 aliphatic carbocycles. The van der Waals surface area contributed by atoms with Crippen LogP contribution in [0.4, 0.5) is 4.79 Å². The van der Waals surface area contributed by atoms with E-state index < -0.39 is 24.4 Å². The summed E-state index contributed by atoms with van der Waals surface area (Å²) in [6, 6.07) is 15.2. The second kappa shape index (κ2) is 8.47. The predicted molar refractivity (Wildman–Crippen MR) is 112 cm³/mol. The van der Waals surface area contributed by atoms with Crippen LogP contribution >= 0.6 is 0 Å². The van der Waals surface area contributed by atoms with Gasteiger partial charge < -0.3 is 24.1 Å². The number of nitrogens with one attached hydrogen (secondary N) is 1. The smallest absolute Gasteiger partial charge is 0.495 e. The van der Waals surface area contributed by atoms with Crippen molar-refractivity contribution in [3.8, 4) is 5.75 Å². The third kappa shape index (κ3) is 4.92. The molecule has 1 aliphatic heterocycles. The van der Waals surface area contributed by atoms with E-state index in [1.54, 1.807) is 7.11 Å². The summed E-state index contributed by atoms with van der Waals surface area (Å²) in [7, 11) is 1.08. The molecular weight excluding hydrogens is 369 g/mol. The molecule has 0 aromatic heterocycles. The molecule has 1 heterocycles. The number of amides is 1. The normalized spacial score (nSPS) is 17.1. The molecule has 0 atom stereocenters. The van der Waals surface area contributed by atoms with Crippen LogP contribution in [-0.4, -0.2) is 31.5 Å². The summed E-state index contributed by atoms with van der Waals surface area (Å²) in [5.74, 6) is 0.694. The van der Waals surface area contributed by atoms with E-state index >= 15 is 0 Å². The fraction of sp³-hybridized carbons (Fsp3) is 0.409. The highest BCUT2D eigenvalue weighted by Crippen LogP contribution is 2.36. The molecule has 1 saturated heterocycles. The van der Waals surface area contributed by atoms with Gasteiger partial charge in [0, 0.05) is 6.54 Å². The molecule has 1 fully saturated rings. The lowest BCUT2D eigenvalue weighted by Gasteiger charge is -2.32. The topological polar surface area (TPSA) is 66.0 Å². The first-order valence-corrected chi connectivity index (χ1v) is 9.69. The second-order valence-electron chi connectivity index (χ2n) is 8.07. The van der Waals surface area contributed by atoms with Gasteiger partial charge in [0.15, 0.2) is 0 Å². The molecule has 1 N–H and O–H groups in total. The van der Waals surface area contributed by atoms with Crippen molar-refractivity contribution in [2.45, 2.75) is 52.0 Å². The zero-order valence-electron chi connectivity index (χ0n) is 17.7. The van der Waals surface area contributed by atoms with Gasteiger partial charge in [0.1, 0.15) is 12.4 Å². The van der Waals surface area contributed by atoms with E-state index in [0.29, 0.717) is 5.75 Å². The molecule has 2 aromatic carbocycles. The van der Waals surface area contributed by atoms with Crippen molar-refractivity contribution in [2.24, 2.45) is 0 Å². The van der Waals surface area contributed by atoms with Gasteiger partial charge in [-0.1, -0.05) is 36.4 Å². The Labute approximate surface area is 172 Å². The zero-order chi connectivity index (χ0) is 21.1. The number of hydrogen-bond donors (Lipinski definition) is 1. The van der Waals surface area contributed by atoms with Gasteiger partial charge in [-0.05, 0) is 56.4 Å². The Morgan fingerprint density at radius 1 is 1.03 bits per heavy atom. The van der Waals surface area contributed by atoms with Gasteiger partial charge in [-0.2, -0.15) is 0 Å². The van der Waals surface area contributed by atoms with Crippen LogP contribution in [0, 0.1) is 0 Å². The lowest BCUT2D eigenvalue weighted by atomic mass is 9.76. The predicted octanol–water partition coefficient (Wildman–Crippen LogP) is 3.42. The van der Waals surface area contributed by atoms with Crippen LogP contribution in [0.2, 0.25) is 0 Å². The van der Waals surface area contributed by atoms with Crippen molar-refractivity contribution in [2.75, 3.05) is 7.11 Å². The van der Waals surface area contributed by atoms with Crippen molar-refractivity contribution >= 4 is 18.7 Å². The summed E-state index contributed by atoms with van der Waals surface area (Å²) in [5, 5.41) is 2.80. The van der Waals surface area contributed by atoms with E-state index in [0.717, 1.165) is 16.6 Å². The van der Waals surface area contributed by atoms with E-state index in [4.69, 9.17) is 18.8 Å². The molecule has 2 aromatic rings. The minimum absolute atomic E-state index is 0.217. The first-order valence-electron chi connectivity index (χ1n) is 9.69. The fourth-order valence-electron chi connectivity index (χ4n) is 3.00. The molecule has 0 unspecified atom stereocenters. The van der Waals surface area contributed by atoms with Crippen LogP contribution in [-0.2, 0) is 27.2 Å². The number of methoxy groups -OCH3 is 1. The fourth-order valence-corrected chi connectivity index (χ4v) is 3.00. The van der Waals surface area contributed by atoms with Crippen molar-refractivity contribution < 1.29 is 23.6 Å². The number of alkyl carbamates (subject to hydrolysis) is 1. The van der Waals surface area contributed by atoms with Crippen LogP contribution in [0.25, 0.3) is 0 Å². The Kier molecular flexibility index (Phi) is 6.20. The Morgan fingerprint density at radius 2 is 1.69 bits per heavy atom. The molecule has 3 rings (SSSR count). The number of hydrogen-bond acceptors (Lipinski definition) is 5. The van der Waals surface area contributed by atoms with Crippen LogP contribution in [0.1, 0.15) is 38.8 Å². The third-order valence-electron chi connectivity index (χ3n) is 5.49. The molecule has 154 valence electrons. The Morgan fingerprint density at radius 3 is 2.31 bits per heavy atom. The molecule has 1 aliphatic rings. The van der Waals surface area contributed by atoms with E-state index in [1.807, 2.05) is 76.2 Å². The summed E-state index contributed by atoms with van der Waals surface area (Å²) >= 11 is 0. The molecule has 6 nitrogen and oxygen atoms in total. The van der Waals surface area contributed by atoms with Gasteiger partial charge in [-0.25, -0.2) is 4.79 Å². The second-order valence-corrected chi connectivity index (χ2v) is 8.07. The van der Waals surface area contributed by atoms with Crippen LogP contribution in [0.3, 0.4) is 0 Å². The van der Waals surface area contributed by atoms with E-state index in [2.05, 4.69) is 5.32 Å². The highest BCUT2D eigenvalue weighted by Gasteiger charge is 2.52. The number of carbonyl (C=O) groups is 1. The maximum atomic E-state index is 12.2. The Hall–Kier alpha value is -2.51. The summed E-state index contributed by atoms with van der Waals surface area (Å²) in [5.41, 5.74) is 1.74. The van der Waals surface area contributed by atoms with Gasteiger partial charge >= 0.3 is 13.2 Å². The first-order chi connectivity index (χ1) is 13.7. The highest BCUT2D eigenvalue weighted by molar-refractivity contribution is 6.62. The SMILES string of the molecule is COc1ccc(B2OC(C)(C)C(C)(C)O2)c(CNC(=O)OCc2ccccc2)c1. The van der Waals surface area contributed by atoms with Gasteiger partial charge in [0.05, 0.1) is 18.3 Å². The Balaban J connectivity index is 1.69. The van der Waals surface area contributed by atoms with Crippen molar-refractivity contribution in [3.05, 3.63) is 59.7 Å². The van der Waals surface area contributed by atoms with Crippen LogP contribution in [0.5, 0.6) is 5.75 Å². The number of benzene rings is 2. The maximum absolute atomic E-state index is 12.2. The molecule has 7 heteroatoms. The molecular formula is C22H28BNO5. The van der Waals surface area contributed by atoms with Gasteiger partial charge in [-0.15, -0.1) is 0 Å². The first kappa shape index (κ1) is 21.2. The van der Waals surface area contributed by atoms with Gasteiger partial charge in [0.25, 0.3) is 0 Å². The monoisotopic (exact) mass is 397 g/mol. The van der Waals surface area contributed by atoms with E-state index in [-0.39, 0.29) is 13.2 Å². The number of rotatable bonds is 6. The van der Waals surface area contributed by atoms with Crippen LogP contribution in [0.15, 0.2) is 48.5 Å². The maximum Gasteiger partial charge on any atom is 0.495 e. The van der Waals surface area contributed by atoms with Gasteiger partial charge in [-0.3, -0.25) is 0 Å². The quantitative estimate of drug-likeness (QED) is 0.757. The average molecular weight is 397 g/mol. The number of ether oxygens (including phenoxy) is 2. The third-order valence-corrected chi connectivity index (χ3v) is 5.49. The molecule has 0 saturated carbocycles. The summed E-state index contributed by atoms with van der Waals surface area (Å²) in [6.07, 6.45) is -0.489. The zero-order valence-corrected chi connectivity index (χ0v) is 17.7. The summed E-state index contributed by atoms with van der Waals surface area (Å²) in [6.45, 7) is 8.52. The lowest BCUT2D eigenvalue weighted by Crippen LogP contribution is -2.41. The molecule has 29 heavy (non-hydrogen) atoms. The standard InChI is InChI=1S/C22H28BNO5/c1-21(2)22(3,4)29-23(28-21)19-12-11-18(26-5)13-17(19)14-24-20(25)27-15-16-9-7-6-8-10-16/h6-13H,14-15H2,1-5H3,(H,24,25). The van der Waals surface area contributed by atoms with E-state index in [1.165, 1.54) is 0 Å². The van der Waals surface area contributed by atoms with Crippen LogP contribution < -0.4 is 15.5 Å². The van der Waals surface area contributed by atoms with Crippen molar-refractivity contribution in [1.82, 2.24) is 5.32 Å². The molecule has 0 bridgehead atoms. The molecule has 0 spiro atoms. The van der Waals surface area contributed by atoms with Crippen molar-refractivity contribution in [3.63, 3.8) is 0 Å². The minimum Gasteiger partial charge on any atom is -0.497 e.